The first-order chi connectivity index (χ1) is 9.79. The van der Waals surface area contributed by atoms with E-state index in [1.165, 1.54) is 0 Å². The molecule has 114 valence electrons. The third kappa shape index (κ3) is 4.03. The summed E-state index contributed by atoms with van der Waals surface area (Å²) < 4.78 is 11.7. The Kier molecular flexibility index (Phi) is 5.03. The number of nitrogens with two attached hydrogens (primary N) is 1. The Morgan fingerprint density at radius 1 is 1.48 bits per heavy atom. The summed E-state index contributed by atoms with van der Waals surface area (Å²) in [5.74, 6) is 0.715. The topological polar surface area (TPSA) is 74.2 Å². The Labute approximate surface area is 136 Å². The maximum absolute atomic E-state index is 6.19. The van der Waals surface area contributed by atoms with Crippen LogP contribution < -0.4 is 5.73 Å². The van der Waals surface area contributed by atoms with Gasteiger partial charge in [0.25, 0.3) is 5.89 Å². The van der Waals surface area contributed by atoms with Crippen LogP contribution in [0.4, 0.5) is 0 Å². The average molecular weight is 375 g/mol. The van der Waals surface area contributed by atoms with Crippen LogP contribution in [0.15, 0.2) is 27.2 Å². The molecule has 0 radical (unpaired) electrons. The van der Waals surface area contributed by atoms with E-state index in [2.05, 4.69) is 26.1 Å². The molecule has 0 fully saturated rings. The fraction of sp³-hybridized carbons (Fsp3) is 0.429. The number of aromatic nitrogens is 2. The van der Waals surface area contributed by atoms with E-state index in [0.29, 0.717) is 28.9 Å². The molecule has 1 aromatic heterocycles. The lowest BCUT2D eigenvalue weighted by Gasteiger charge is -2.21. The second kappa shape index (κ2) is 6.44. The van der Waals surface area contributed by atoms with Gasteiger partial charge in [-0.2, -0.15) is 4.98 Å². The molecule has 0 saturated heterocycles. The van der Waals surface area contributed by atoms with E-state index < -0.39 is 5.54 Å². The zero-order chi connectivity index (χ0) is 15.6. The zero-order valence-electron chi connectivity index (χ0n) is 12.1. The van der Waals surface area contributed by atoms with E-state index in [1.807, 2.05) is 26.0 Å². The van der Waals surface area contributed by atoms with Gasteiger partial charge in [-0.15, -0.1) is 0 Å². The van der Waals surface area contributed by atoms with Crippen LogP contribution in [0.25, 0.3) is 11.5 Å². The number of halogens is 2. The highest BCUT2D eigenvalue weighted by molar-refractivity contribution is 9.10. The lowest BCUT2D eigenvalue weighted by Crippen LogP contribution is -2.40. The molecule has 0 bridgehead atoms. The molecule has 21 heavy (non-hydrogen) atoms. The van der Waals surface area contributed by atoms with Crippen molar-refractivity contribution in [3.8, 4) is 11.5 Å². The van der Waals surface area contributed by atoms with Crippen molar-refractivity contribution in [3.05, 3.63) is 33.5 Å². The fourth-order valence-electron chi connectivity index (χ4n) is 1.63. The summed E-state index contributed by atoms with van der Waals surface area (Å²) in [6, 6.07) is 5.42. The molecule has 1 aromatic carbocycles. The van der Waals surface area contributed by atoms with Gasteiger partial charge in [0.15, 0.2) is 5.82 Å². The first-order valence-corrected chi connectivity index (χ1v) is 7.67. The van der Waals surface area contributed by atoms with Gasteiger partial charge in [-0.25, -0.2) is 0 Å². The largest absolute Gasteiger partial charge is 0.376 e. The van der Waals surface area contributed by atoms with Gasteiger partial charge < -0.3 is 15.0 Å². The third-order valence-electron chi connectivity index (χ3n) is 2.81. The van der Waals surface area contributed by atoms with E-state index in [-0.39, 0.29) is 6.10 Å². The van der Waals surface area contributed by atoms with Crippen LogP contribution in [-0.2, 0) is 10.3 Å². The van der Waals surface area contributed by atoms with E-state index in [9.17, 15) is 0 Å². The Morgan fingerprint density at radius 3 is 2.86 bits per heavy atom. The van der Waals surface area contributed by atoms with Crippen LogP contribution >= 0.6 is 27.5 Å². The summed E-state index contributed by atoms with van der Waals surface area (Å²) in [6.45, 7) is 5.99. The SMILES string of the molecule is CC(C)OCC(C)(N)c1noc(-c2cc(Br)ccc2Cl)n1. The van der Waals surface area contributed by atoms with E-state index in [0.717, 1.165) is 4.47 Å². The van der Waals surface area contributed by atoms with Crippen molar-refractivity contribution in [2.24, 2.45) is 5.73 Å². The molecule has 1 unspecified atom stereocenters. The normalized spacial score (nSPS) is 14.4. The Balaban J connectivity index is 2.27. The maximum Gasteiger partial charge on any atom is 0.259 e. The molecule has 0 aliphatic carbocycles. The molecule has 0 amide bonds. The van der Waals surface area contributed by atoms with Gasteiger partial charge in [0, 0.05) is 4.47 Å². The monoisotopic (exact) mass is 373 g/mol. The van der Waals surface area contributed by atoms with Gasteiger partial charge >= 0.3 is 0 Å². The summed E-state index contributed by atoms with van der Waals surface area (Å²) in [4.78, 5) is 4.34. The van der Waals surface area contributed by atoms with Crippen molar-refractivity contribution in [1.82, 2.24) is 10.1 Å². The van der Waals surface area contributed by atoms with Gasteiger partial charge in [0.2, 0.25) is 0 Å². The second-order valence-electron chi connectivity index (χ2n) is 5.32. The van der Waals surface area contributed by atoms with Crippen molar-refractivity contribution in [3.63, 3.8) is 0 Å². The summed E-state index contributed by atoms with van der Waals surface area (Å²) >= 11 is 9.54. The van der Waals surface area contributed by atoms with E-state index in [1.54, 1.807) is 13.0 Å². The highest BCUT2D eigenvalue weighted by Gasteiger charge is 2.29. The summed E-state index contributed by atoms with van der Waals surface area (Å²) in [6.07, 6.45) is 0.0822. The fourth-order valence-corrected chi connectivity index (χ4v) is 2.19. The van der Waals surface area contributed by atoms with Crippen molar-refractivity contribution >= 4 is 27.5 Å². The molecule has 7 heteroatoms. The van der Waals surface area contributed by atoms with Gasteiger partial charge in [-0.3, -0.25) is 0 Å². The first-order valence-electron chi connectivity index (χ1n) is 6.49. The maximum atomic E-state index is 6.19. The number of hydrogen-bond acceptors (Lipinski definition) is 5. The number of benzene rings is 1. The predicted molar refractivity (Wildman–Crippen MR) is 85.1 cm³/mol. The Hall–Kier alpha value is -0.950. The smallest absolute Gasteiger partial charge is 0.259 e. The minimum absolute atomic E-state index is 0.0822. The highest BCUT2D eigenvalue weighted by atomic mass is 79.9. The van der Waals surface area contributed by atoms with Gasteiger partial charge in [-0.05, 0) is 39.0 Å². The lowest BCUT2D eigenvalue weighted by atomic mass is 10.1. The Morgan fingerprint density at radius 2 is 2.19 bits per heavy atom. The minimum Gasteiger partial charge on any atom is -0.376 e. The molecule has 2 N–H and O–H groups in total. The quantitative estimate of drug-likeness (QED) is 0.862. The molecule has 5 nitrogen and oxygen atoms in total. The van der Waals surface area contributed by atoms with Crippen molar-refractivity contribution < 1.29 is 9.26 Å². The summed E-state index contributed by atoms with van der Waals surface area (Å²) in [5.41, 5.74) is 6.02. The molecule has 0 spiro atoms. The zero-order valence-corrected chi connectivity index (χ0v) is 14.4. The van der Waals surface area contributed by atoms with Crippen LogP contribution in [0.2, 0.25) is 5.02 Å². The lowest BCUT2D eigenvalue weighted by molar-refractivity contribution is 0.0410. The van der Waals surface area contributed by atoms with E-state index >= 15 is 0 Å². The molecule has 1 atom stereocenters. The van der Waals surface area contributed by atoms with Gasteiger partial charge in [0.1, 0.15) is 5.54 Å². The van der Waals surface area contributed by atoms with Gasteiger partial charge in [0.05, 0.1) is 23.3 Å². The third-order valence-corrected chi connectivity index (χ3v) is 3.64. The van der Waals surface area contributed by atoms with Crippen LogP contribution in [0.5, 0.6) is 0 Å². The minimum atomic E-state index is -0.829. The second-order valence-corrected chi connectivity index (χ2v) is 6.65. The number of ether oxygens (including phenoxy) is 1. The van der Waals surface area contributed by atoms with E-state index in [4.69, 9.17) is 26.6 Å². The molecular formula is C14H17BrClN3O2. The molecule has 2 rings (SSSR count). The highest BCUT2D eigenvalue weighted by Crippen LogP contribution is 2.30. The summed E-state index contributed by atoms with van der Waals surface area (Å²) in [7, 11) is 0. The molecule has 0 aliphatic heterocycles. The average Bonchev–Trinajstić information content (AvgIpc) is 2.90. The molecule has 1 heterocycles. The predicted octanol–water partition coefficient (Wildman–Crippen LogP) is 3.75. The van der Waals surface area contributed by atoms with Crippen molar-refractivity contribution in [2.75, 3.05) is 6.61 Å². The number of rotatable bonds is 5. The number of hydrogen-bond donors (Lipinski definition) is 1. The molecule has 0 saturated carbocycles. The Bertz CT molecular complexity index is 628. The van der Waals surface area contributed by atoms with Crippen molar-refractivity contribution in [1.29, 1.82) is 0 Å². The van der Waals surface area contributed by atoms with Gasteiger partial charge in [-0.1, -0.05) is 32.7 Å². The summed E-state index contributed by atoms with van der Waals surface area (Å²) in [5, 5.41) is 4.48. The molecule has 0 aliphatic rings. The first kappa shape index (κ1) is 16.4. The van der Waals surface area contributed by atoms with Crippen LogP contribution in [0, 0.1) is 0 Å². The molecule has 2 aromatic rings. The van der Waals surface area contributed by atoms with Crippen LogP contribution in [-0.4, -0.2) is 22.9 Å². The molecular weight excluding hydrogens is 358 g/mol. The van der Waals surface area contributed by atoms with Crippen molar-refractivity contribution in [2.45, 2.75) is 32.4 Å². The van der Waals surface area contributed by atoms with Crippen LogP contribution in [0.1, 0.15) is 26.6 Å². The standard InChI is InChI=1S/C14H17BrClN3O2/c1-8(2)20-7-14(3,17)13-18-12(21-19-13)10-6-9(15)4-5-11(10)16/h4-6,8H,7,17H2,1-3H3. The number of nitrogens with zero attached hydrogens (tertiary/aromatic N) is 2. The van der Waals surface area contributed by atoms with Crippen LogP contribution in [0.3, 0.4) is 0 Å².